The summed E-state index contributed by atoms with van der Waals surface area (Å²) in [7, 11) is 1.89. The highest BCUT2D eigenvalue weighted by Gasteiger charge is 2.10. The Morgan fingerprint density at radius 3 is 2.88 bits per heavy atom. The molecule has 3 nitrogen and oxygen atoms in total. The number of benzene rings is 1. The number of imidazole rings is 1. The van der Waals surface area contributed by atoms with Crippen molar-refractivity contribution in [3.05, 3.63) is 53.9 Å². The zero-order valence-electron chi connectivity index (χ0n) is 9.68. The fourth-order valence-electron chi connectivity index (χ4n) is 1.81. The molecule has 1 aromatic carbocycles. The average Bonchev–Trinajstić information content (AvgIpc) is 2.64. The lowest BCUT2D eigenvalue weighted by Crippen LogP contribution is -2.16. The molecular formula is C13H15FN2O. The first-order valence-corrected chi connectivity index (χ1v) is 5.54. The van der Waals surface area contributed by atoms with Crippen molar-refractivity contribution < 1.29 is 9.50 Å². The van der Waals surface area contributed by atoms with Crippen molar-refractivity contribution in [3.63, 3.8) is 0 Å². The second-order valence-corrected chi connectivity index (χ2v) is 4.15. The van der Waals surface area contributed by atoms with E-state index in [0.29, 0.717) is 12.8 Å². The molecule has 0 aliphatic rings. The SMILES string of the molecule is Cn1ccnc1CC(O)Cc1cccc(F)c1. The van der Waals surface area contributed by atoms with E-state index in [2.05, 4.69) is 4.98 Å². The molecule has 0 amide bonds. The number of aliphatic hydroxyl groups is 1. The number of aliphatic hydroxyl groups excluding tert-OH is 1. The fraction of sp³-hybridized carbons (Fsp3) is 0.308. The summed E-state index contributed by atoms with van der Waals surface area (Å²) in [6.07, 6.45) is 3.90. The van der Waals surface area contributed by atoms with E-state index in [1.165, 1.54) is 12.1 Å². The summed E-state index contributed by atoms with van der Waals surface area (Å²) in [6, 6.07) is 6.30. The van der Waals surface area contributed by atoms with Gasteiger partial charge in [-0.2, -0.15) is 0 Å². The zero-order valence-corrected chi connectivity index (χ0v) is 9.68. The van der Waals surface area contributed by atoms with Gasteiger partial charge in [-0.3, -0.25) is 0 Å². The van der Waals surface area contributed by atoms with Crippen molar-refractivity contribution in [2.75, 3.05) is 0 Å². The molecule has 0 saturated heterocycles. The third-order valence-corrected chi connectivity index (χ3v) is 2.70. The van der Waals surface area contributed by atoms with Gasteiger partial charge in [0.1, 0.15) is 11.6 Å². The third-order valence-electron chi connectivity index (χ3n) is 2.70. The van der Waals surface area contributed by atoms with Crippen LogP contribution in [-0.2, 0) is 19.9 Å². The van der Waals surface area contributed by atoms with Crippen molar-refractivity contribution in [3.8, 4) is 0 Å². The smallest absolute Gasteiger partial charge is 0.123 e. The van der Waals surface area contributed by atoms with E-state index >= 15 is 0 Å². The fourth-order valence-corrected chi connectivity index (χ4v) is 1.81. The van der Waals surface area contributed by atoms with E-state index in [4.69, 9.17) is 0 Å². The molecule has 1 atom stereocenters. The Morgan fingerprint density at radius 1 is 1.41 bits per heavy atom. The average molecular weight is 234 g/mol. The summed E-state index contributed by atoms with van der Waals surface area (Å²) in [5.74, 6) is 0.556. The number of nitrogens with zero attached hydrogens (tertiary/aromatic N) is 2. The van der Waals surface area contributed by atoms with Gasteiger partial charge in [0, 0.05) is 25.9 Å². The molecule has 0 spiro atoms. The molecule has 4 heteroatoms. The van der Waals surface area contributed by atoms with Crippen LogP contribution in [0.5, 0.6) is 0 Å². The standard InChI is InChI=1S/C13H15FN2O/c1-16-6-5-15-13(16)9-12(17)8-10-3-2-4-11(14)7-10/h2-7,12,17H,8-9H2,1H3. The largest absolute Gasteiger partial charge is 0.392 e. The minimum Gasteiger partial charge on any atom is -0.392 e. The molecule has 0 bridgehead atoms. The maximum atomic E-state index is 13.0. The van der Waals surface area contributed by atoms with Crippen LogP contribution in [0.1, 0.15) is 11.4 Å². The Labute approximate surface area is 99.5 Å². The molecule has 0 aliphatic carbocycles. The molecule has 0 saturated carbocycles. The predicted octanol–water partition coefficient (Wildman–Crippen LogP) is 1.71. The molecular weight excluding hydrogens is 219 g/mol. The quantitative estimate of drug-likeness (QED) is 0.874. The van der Waals surface area contributed by atoms with Crippen LogP contribution in [0.2, 0.25) is 0 Å². The van der Waals surface area contributed by atoms with Gasteiger partial charge in [-0.15, -0.1) is 0 Å². The summed E-state index contributed by atoms with van der Waals surface area (Å²) in [6.45, 7) is 0. The molecule has 0 radical (unpaired) electrons. The second-order valence-electron chi connectivity index (χ2n) is 4.15. The van der Waals surface area contributed by atoms with Crippen LogP contribution < -0.4 is 0 Å². The summed E-state index contributed by atoms with van der Waals surface area (Å²) in [5, 5.41) is 9.91. The van der Waals surface area contributed by atoms with Gasteiger partial charge < -0.3 is 9.67 Å². The summed E-state index contributed by atoms with van der Waals surface area (Å²) in [5.41, 5.74) is 0.798. The van der Waals surface area contributed by atoms with Gasteiger partial charge in [0.15, 0.2) is 0 Å². The first-order chi connectivity index (χ1) is 8.15. The van der Waals surface area contributed by atoms with Gasteiger partial charge in [-0.25, -0.2) is 9.37 Å². The number of aryl methyl sites for hydroxylation is 1. The number of halogens is 1. The third kappa shape index (κ3) is 3.14. The summed E-state index contributed by atoms with van der Waals surface area (Å²) >= 11 is 0. The van der Waals surface area contributed by atoms with Gasteiger partial charge >= 0.3 is 0 Å². The number of hydrogen-bond donors (Lipinski definition) is 1. The second kappa shape index (κ2) is 5.10. The van der Waals surface area contributed by atoms with Crippen molar-refractivity contribution in [1.82, 2.24) is 9.55 Å². The first kappa shape index (κ1) is 11.8. The van der Waals surface area contributed by atoms with Crippen LogP contribution in [0.15, 0.2) is 36.7 Å². The van der Waals surface area contributed by atoms with E-state index in [1.54, 1.807) is 12.3 Å². The van der Waals surface area contributed by atoms with Crippen LogP contribution in [0.4, 0.5) is 4.39 Å². The Balaban J connectivity index is 1.98. The predicted molar refractivity (Wildman–Crippen MR) is 63.0 cm³/mol. The molecule has 17 heavy (non-hydrogen) atoms. The maximum absolute atomic E-state index is 13.0. The lowest BCUT2D eigenvalue weighted by Gasteiger charge is -2.10. The maximum Gasteiger partial charge on any atom is 0.123 e. The summed E-state index contributed by atoms with van der Waals surface area (Å²) in [4.78, 5) is 4.14. The van der Waals surface area contributed by atoms with E-state index < -0.39 is 6.10 Å². The number of hydrogen-bond acceptors (Lipinski definition) is 2. The van der Waals surface area contributed by atoms with Gasteiger partial charge in [-0.1, -0.05) is 12.1 Å². The Kier molecular flexibility index (Phi) is 3.54. The van der Waals surface area contributed by atoms with Crippen molar-refractivity contribution >= 4 is 0 Å². The highest BCUT2D eigenvalue weighted by atomic mass is 19.1. The van der Waals surface area contributed by atoms with Crippen LogP contribution in [-0.4, -0.2) is 20.8 Å². The molecule has 1 aromatic heterocycles. The minimum atomic E-state index is -0.544. The Morgan fingerprint density at radius 2 is 2.24 bits per heavy atom. The lowest BCUT2D eigenvalue weighted by atomic mass is 10.1. The normalized spacial score (nSPS) is 12.6. The van der Waals surface area contributed by atoms with Crippen molar-refractivity contribution in [2.24, 2.45) is 7.05 Å². The van der Waals surface area contributed by atoms with Crippen LogP contribution in [0.3, 0.4) is 0 Å². The molecule has 90 valence electrons. The Bertz CT molecular complexity index is 496. The molecule has 0 aliphatic heterocycles. The number of aromatic nitrogens is 2. The minimum absolute atomic E-state index is 0.272. The Hall–Kier alpha value is -1.68. The van der Waals surface area contributed by atoms with E-state index in [9.17, 15) is 9.50 Å². The molecule has 2 rings (SSSR count). The summed E-state index contributed by atoms with van der Waals surface area (Å²) < 4.78 is 14.8. The highest BCUT2D eigenvalue weighted by Crippen LogP contribution is 2.09. The first-order valence-electron chi connectivity index (χ1n) is 5.54. The van der Waals surface area contributed by atoms with Crippen molar-refractivity contribution in [1.29, 1.82) is 0 Å². The molecule has 1 unspecified atom stereocenters. The van der Waals surface area contributed by atoms with Crippen LogP contribution in [0.25, 0.3) is 0 Å². The van der Waals surface area contributed by atoms with Gasteiger partial charge in [0.2, 0.25) is 0 Å². The number of rotatable bonds is 4. The van der Waals surface area contributed by atoms with Crippen LogP contribution in [0, 0.1) is 5.82 Å². The molecule has 1 heterocycles. The van der Waals surface area contributed by atoms with E-state index in [1.807, 2.05) is 23.9 Å². The van der Waals surface area contributed by atoms with Gasteiger partial charge in [0.05, 0.1) is 6.10 Å². The zero-order chi connectivity index (χ0) is 12.3. The van der Waals surface area contributed by atoms with Crippen LogP contribution >= 0.6 is 0 Å². The monoisotopic (exact) mass is 234 g/mol. The van der Waals surface area contributed by atoms with Crippen molar-refractivity contribution in [2.45, 2.75) is 18.9 Å². The van der Waals surface area contributed by atoms with Gasteiger partial charge in [0.25, 0.3) is 0 Å². The highest BCUT2D eigenvalue weighted by molar-refractivity contribution is 5.17. The molecule has 2 aromatic rings. The topological polar surface area (TPSA) is 38.0 Å². The van der Waals surface area contributed by atoms with E-state index in [-0.39, 0.29) is 5.82 Å². The molecule has 0 fully saturated rings. The molecule has 1 N–H and O–H groups in total. The lowest BCUT2D eigenvalue weighted by molar-refractivity contribution is 0.172. The van der Waals surface area contributed by atoms with E-state index in [0.717, 1.165) is 11.4 Å². The van der Waals surface area contributed by atoms with Gasteiger partial charge in [-0.05, 0) is 24.1 Å².